The van der Waals surface area contributed by atoms with Gasteiger partial charge in [0.15, 0.2) is 0 Å². The van der Waals surface area contributed by atoms with Gasteiger partial charge < -0.3 is 5.11 Å². The maximum Gasteiger partial charge on any atom is 0.325 e. The molecule has 3 nitrogen and oxygen atoms in total. The third-order valence-electron chi connectivity index (χ3n) is 3.47. The van der Waals surface area contributed by atoms with Gasteiger partial charge in [-0.25, -0.2) is 4.39 Å². The maximum absolute atomic E-state index is 12.9. The molecule has 4 heteroatoms. The van der Waals surface area contributed by atoms with E-state index in [9.17, 15) is 14.3 Å². The summed E-state index contributed by atoms with van der Waals surface area (Å²) in [5, 5.41) is 9.40. The van der Waals surface area contributed by atoms with Crippen LogP contribution in [0.2, 0.25) is 0 Å². The Kier molecular flexibility index (Phi) is 3.97. The van der Waals surface area contributed by atoms with Crippen LogP contribution in [0.1, 0.15) is 31.4 Å². The van der Waals surface area contributed by atoms with Gasteiger partial charge in [0.25, 0.3) is 0 Å². The normalized spacial score (nSPS) is 22.7. The molecule has 0 radical (unpaired) electrons. The Morgan fingerprint density at radius 3 is 2.67 bits per heavy atom. The van der Waals surface area contributed by atoms with Crippen molar-refractivity contribution in [1.29, 1.82) is 0 Å². The van der Waals surface area contributed by atoms with E-state index in [1.807, 2.05) is 4.90 Å². The Morgan fingerprint density at radius 2 is 2.11 bits per heavy atom. The number of halogens is 1. The highest BCUT2D eigenvalue weighted by molar-refractivity contribution is 5.75. The average molecular weight is 251 g/mol. The molecule has 0 spiro atoms. The van der Waals surface area contributed by atoms with Gasteiger partial charge in [-0.2, -0.15) is 0 Å². The molecule has 1 aliphatic heterocycles. The first kappa shape index (κ1) is 13.0. The lowest BCUT2D eigenvalue weighted by Crippen LogP contribution is -2.40. The van der Waals surface area contributed by atoms with Gasteiger partial charge in [0.05, 0.1) is 0 Å². The summed E-state index contributed by atoms with van der Waals surface area (Å²) in [6.07, 6.45) is 2.17. The summed E-state index contributed by atoms with van der Waals surface area (Å²) >= 11 is 0. The van der Waals surface area contributed by atoms with Crippen molar-refractivity contribution < 1.29 is 14.3 Å². The Labute approximate surface area is 106 Å². The van der Waals surface area contributed by atoms with Crippen LogP contribution in [-0.4, -0.2) is 29.1 Å². The van der Waals surface area contributed by atoms with Crippen molar-refractivity contribution in [2.75, 3.05) is 13.1 Å². The van der Waals surface area contributed by atoms with Crippen molar-refractivity contribution >= 4 is 5.97 Å². The van der Waals surface area contributed by atoms with Crippen LogP contribution < -0.4 is 0 Å². The van der Waals surface area contributed by atoms with E-state index in [1.165, 1.54) is 12.1 Å². The maximum atomic E-state index is 12.9. The number of hydrogen-bond acceptors (Lipinski definition) is 2. The van der Waals surface area contributed by atoms with Gasteiger partial charge in [-0.3, -0.25) is 9.69 Å². The van der Waals surface area contributed by atoms with E-state index in [1.54, 1.807) is 12.1 Å². The summed E-state index contributed by atoms with van der Waals surface area (Å²) in [5.74, 6) is -0.688. The molecule has 0 aromatic heterocycles. The van der Waals surface area contributed by atoms with Gasteiger partial charge in [0.2, 0.25) is 0 Å². The topological polar surface area (TPSA) is 40.5 Å². The van der Waals surface area contributed by atoms with Crippen LogP contribution in [0, 0.1) is 11.7 Å². The fourth-order valence-corrected chi connectivity index (χ4v) is 2.61. The molecule has 18 heavy (non-hydrogen) atoms. The third-order valence-corrected chi connectivity index (χ3v) is 3.47. The fourth-order valence-electron chi connectivity index (χ4n) is 2.61. The first-order chi connectivity index (χ1) is 8.58. The van der Waals surface area contributed by atoms with Crippen LogP contribution in [0.3, 0.4) is 0 Å². The Morgan fingerprint density at radius 1 is 1.44 bits per heavy atom. The lowest BCUT2D eigenvalue weighted by molar-refractivity contribution is -0.144. The summed E-state index contributed by atoms with van der Waals surface area (Å²) in [6, 6.07) is 5.10. The molecule has 1 aromatic carbocycles. The largest absolute Gasteiger partial charge is 0.480 e. The molecule has 0 saturated carbocycles. The zero-order valence-electron chi connectivity index (χ0n) is 10.5. The summed E-state index contributed by atoms with van der Waals surface area (Å²) in [7, 11) is 0. The summed E-state index contributed by atoms with van der Waals surface area (Å²) in [5.41, 5.74) is 0.651. The predicted octanol–water partition coefficient (Wildman–Crippen LogP) is 2.68. The number of piperidine rings is 1. The van der Waals surface area contributed by atoms with Crippen molar-refractivity contribution in [3.63, 3.8) is 0 Å². The number of nitrogens with zero attached hydrogens (tertiary/aromatic N) is 1. The minimum absolute atomic E-state index is 0.338. The van der Waals surface area contributed by atoms with E-state index >= 15 is 0 Å². The van der Waals surface area contributed by atoms with Crippen LogP contribution in [0.25, 0.3) is 0 Å². The molecule has 1 saturated heterocycles. The Balaban J connectivity index is 2.22. The van der Waals surface area contributed by atoms with Crippen LogP contribution in [0.15, 0.2) is 24.3 Å². The monoisotopic (exact) mass is 251 g/mol. The van der Waals surface area contributed by atoms with Gasteiger partial charge in [0.1, 0.15) is 11.9 Å². The lowest BCUT2D eigenvalue weighted by Gasteiger charge is -2.35. The quantitative estimate of drug-likeness (QED) is 0.898. The average Bonchev–Trinajstić information content (AvgIpc) is 2.32. The molecule has 2 rings (SSSR count). The zero-order valence-corrected chi connectivity index (χ0v) is 10.5. The molecule has 1 N–H and O–H groups in total. The Hall–Kier alpha value is -1.42. The van der Waals surface area contributed by atoms with Crippen LogP contribution >= 0.6 is 0 Å². The molecule has 1 fully saturated rings. The molecule has 0 amide bonds. The van der Waals surface area contributed by atoms with Crippen LogP contribution in [0.4, 0.5) is 4.39 Å². The summed E-state index contributed by atoms with van der Waals surface area (Å²) in [4.78, 5) is 13.4. The number of hydrogen-bond donors (Lipinski definition) is 1. The fraction of sp³-hybridized carbons (Fsp3) is 0.500. The van der Waals surface area contributed by atoms with E-state index < -0.39 is 12.0 Å². The molecule has 2 unspecified atom stereocenters. The predicted molar refractivity (Wildman–Crippen MR) is 66.7 cm³/mol. The second-order valence-corrected chi connectivity index (χ2v) is 5.03. The molecule has 98 valence electrons. The van der Waals surface area contributed by atoms with Crippen molar-refractivity contribution in [2.24, 2.45) is 5.92 Å². The molecule has 1 heterocycles. The number of carboxylic acids is 1. The first-order valence-electron chi connectivity index (χ1n) is 6.30. The van der Waals surface area contributed by atoms with Gasteiger partial charge in [-0.15, -0.1) is 0 Å². The zero-order chi connectivity index (χ0) is 13.1. The van der Waals surface area contributed by atoms with Crippen molar-refractivity contribution in [1.82, 2.24) is 4.90 Å². The highest BCUT2D eigenvalue weighted by atomic mass is 19.1. The molecule has 2 atom stereocenters. The number of likely N-dealkylation sites (tertiary alicyclic amines) is 1. The van der Waals surface area contributed by atoms with Crippen LogP contribution in [-0.2, 0) is 4.79 Å². The minimum Gasteiger partial charge on any atom is -0.480 e. The highest BCUT2D eigenvalue weighted by Gasteiger charge is 2.30. The second kappa shape index (κ2) is 5.48. The molecule has 0 bridgehead atoms. The number of aliphatic carboxylic acids is 1. The van der Waals surface area contributed by atoms with Crippen molar-refractivity contribution in [3.05, 3.63) is 35.6 Å². The van der Waals surface area contributed by atoms with E-state index in [4.69, 9.17) is 0 Å². The summed E-state index contributed by atoms with van der Waals surface area (Å²) in [6.45, 7) is 3.71. The molecule has 0 aliphatic carbocycles. The second-order valence-electron chi connectivity index (χ2n) is 5.03. The van der Waals surface area contributed by atoms with Crippen LogP contribution in [0.5, 0.6) is 0 Å². The minimum atomic E-state index is -0.865. The number of carboxylic acid groups (broad SMARTS) is 1. The molecule has 1 aromatic rings. The van der Waals surface area contributed by atoms with E-state index in [0.29, 0.717) is 11.5 Å². The van der Waals surface area contributed by atoms with E-state index in [2.05, 4.69) is 6.92 Å². The van der Waals surface area contributed by atoms with Gasteiger partial charge in [0, 0.05) is 6.54 Å². The smallest absolute Gasteiger partial charge is 0.325 e. The highest BCUT2D eigenvalue weighted by Crippen LogP contribution is 2.27. The first-order valence-corrected chi connectivity index (χ1v) is 6.30. The standard InChI is InChI=1S/C14H18FNO2/c1-10-3-2-8-16(9-10)13(14(17)18)11-4-6-12(15)7-5-11/h4-7,10,13H,2-3,8-9H2,1H3,(H,17,18). The Bertz CT molecular complexity index is 418. The summed E-state index contributed by atoms with van der Waals surface area (Å²) < 4.78 is 12.9. The molecule has 1 aliphatic rings. The van der Waals surface area contributed by atoms with Gasteiger partial charge >= 0.3 is 5.97 Å². The van der Waals surface area contributed by atoms with Gasteiger partial charge in [-0.05, 0) is 43.0 Å². The van der Waals surface area contributed by atoms with Crippen molar-refractivity contribution in [2.45, 2.75) is 25.8 Å². The molecular formula is C14H18FNO2. The van der Waals surface area contributed by atoms with E-state index in [0.717, 1.165) is 25.9 Å². The lowest BCUT2D eigenvalue weighted by atomic mass is 9.96. The van der Waals surface area contributed by atoms with Crippen molar-refractivity contribution in [3.8, 4) is 0 Å². The number of benzene rings is 1. The SMILES string of the molecule is CC1CCCN(C(C(=O)O)c2ccc(F)cc2)C1. The van der Waals surface area contributed by atoms with Gasteiger partial charge in [-0.1, -0.05) is 19.1 Å². The molecular weight excluding hydrogens is 233 g/mol. The number of carbonyl (C=O) groups is 1. The third kappa shape index (κ3) is 2.88. The van der Waals surface area contributed by atoms with E-state index in [-0.39, 0.29) is 5.82 Å². The number of rotatable bonds is 3.